The Balaban J connectivity index is 2.18. The molecule has 0 amide bonds. The van der Waals surface area contributed by atoms with Crippen LogP contribution in [0.2, 0.25) is 5.02 Å². The van der Waals surface area contributed by atoms with E-state index in [0.717, 1.165) is 5.56 Å². The molecule has 1 aromatic heterocycles. The third-order valence-electron chi connectivity index (χ3n) is 3.52. The summed E-state index contributed by atoms with van der Waals surface area (Å²) < 4.78 is 13.6. The minimum Gasteiger partial charge on any atom is -0.369 e. The maximum atomic E-state index is 13.6. The van der Waals surface area contributed by atoms with Crippen LogP contribution in [0.3, 0.4) is 0 Å². The minimum absolute atomic E-state index is 0.0448. The summed E-state index contributed by atoms with van der Waals surface area (Å²) in [7, 11) is 2.24. The first kappa shape index (κ1) is 17.1. The Bertz CT molecular complexity index is 629. The van der Waals surface area contributed by atoms with Crippen LogP contribution in [-0.4, -0.2) is 22.0 Å². The van der Waals surface area contributed by atoms with Gasteiger partial charge >= 0.3 is 0 Å². The molecule has 1 aliphatic rings. The second kappa shape index (κ2) is 6.07. The molecule has 1 fully saturated rings. The van der Waals surface area contributed by atoms with Crippen LogP contribution in [0.4, 0.5) is 10.2 Å². The van der Waals surface area contributed by atoms with Gasteiger partial charge in [0.05, 0.1) is 10.6 Å². The lowest BCUT2D eigenvalue weighted by atomic mass is 9.89. The molecule has 1 heterocycles. The molecule has 0 aliphatic heterocycles. The van der Waals surface area contributed by atoms with E-state index in [4.69, 9.17) is 18.0 Å². The van der Waals surface area contributed by atoms with Gasteiger partial charge in [-0.3, -0.25) is 0 Å². The summed E-state index contributed by atoms with van der Waals surface area (Å²) in [5.74, 6) is 3.28. The number of anilines is 1. The van der Waals surface area contributed by atoms with E-state index in [-0.39, 0.29) is 6.04 Å². The highest BCUT2D eigenvalue weighted by atomic mass is 35.5. The molecule has 2 N–H and O–H groups in total. The molecule has 0 bridgehead atoms. The van der Waals surface area contributed by atoms with Gasteiger partial charge in [-0.05, 0) is 19.9 Å². The molecule has 3 nitrogen and oxygen atoms in total. The third kappa shape index (κ3) is 4.12. The Labute approximate surface area is 138 Å². The van der Waals surface area contributed by atoms with Crippen molar-refractivity contribution < 1.29 is 4.39 Å². The van der Waals surface area contributed by atoms with Crippen molar-refractivity contribution in [1.82, 2.24) is 10.3 Å². The van der Waals surface area contributed by atoms with Crippen molar-refractivity contribution in [2.45, 2.75) is 43.7 Å². The fourth-order valence-corrected chi connectivity index (χ4v) is 3.05. The van der Waals surface area contributed by atoms with Crippen LogP contribution in [0.1, 0.15) is 32.3 Å². The molecule has 0 spiro atoms. The van der Waals surface area contributed by atoms with Gasteiger partial charge in [0.25, 0.3) is 0 Å². The quantitative estimate of drug-likeness (QED) is 0.632. The highest BCUT2D eigenvalue weighted by Crippen LogP contribution is 2.43. The van der Waals surface area contributed by atoms with Crippen molar-refractivity contribution >= 4 is 32.4 Å². The second-order valence-electron chi connectivity index (χ2n) is 6.21. The Morgan fingerprint density at radius 3 is 2.82 bits per heavy atom. The van der Waals surface area contributed by atoms with Gasteiger partial charge in [0.15, 0.2) is 0 Å². The maximum absolute atomic E-state index is 13.6. The monoisotopic (exact) mass is 339 g/mol. The molecule has 118 valence electrons. The number of alkyl halides is 1. The lowest BCUT2D eigenvalue weighted by Gasteiger charge is -2.39. The lowest BCUT2D eigenvalue weighted by Crippen LogP contribution is -2.43. The summed E-state index contributed by atoms with van der Waals surface area (Å²) in [4.78, 5) is 4.30. The van der Waals surface area contributed by atoms with Crippen molar-refractivity contribution in [3.05, 3.63) is 29.4 Å². The molecular formula is C16H20ClFN3P. The number of nitrogens with one attached hydrogen (secondary N) is 2. The first-order valence-corrected chi connectivity index (χ1v) is 7.92. The summed E-state index contributed by atoms with van der Waals surface area (Å²) in [5, 5.41) is 5.73. The molecule has 1 atom stereocenters. The molecule has 1 aromatic rings. The van der Waals surface area contributed by atoms with Gasteiger partial charge in [-0.2, -0.15) is 0 Å². The number of halogens is 2. The Hall–Kier alpha value is -1.30. The Morgan fingerprint density at radius 2 is 2.27 bits per heavy atom. The van der Waals surface area contributed by atoms with Crippen LogP contribution in [-0.2, 0) is 0 Å². The fourth-order valence-electron chi connectivity index (χ4n) is 2.32. The van der Waals surface area contributed by atoms with Crippen LogP contribution < -0.4 is 10.6 Å². The Kier molecular flexibility index (Phi) is 4.70. The van der Waals surface area contributed by atoms with Gasteiger partial charge in [-0.15, -0.1) is 6.42 Å². The molecule has 0 saturated heterocycles. The molecular weight excluding hydrogens is 320 g/mol. The van der Waals surface area contributed by atoms with Crippen molar-refractivity contribution in [2.24, 2.45) is 0 Å². The first-order chi connectivity index (χ1) is 10.1. The van der Waals surface area contributed by atoms with E-state index in [1.165, 1.54) is 0 Å². The predicted molar refractivity (Wildman–Crippen MR) is 94.5 cm³/mol. The van der Waals surface area contributed by atoms with E-state index in [2.05, 4.69) is 37.4 Å². The lowest BCUT2D eigenvalue weighted by molar-refractivity contribution is 0.151. The molecule has 1 aliphatic carbocycles. The summed E-state index contributed by atoms with van der Waals surface area (Å²) in [5.41, 5.74) is 0.814. The molecule has 22 heavy (non-hydrogen) atoms. The number of rotatable bonds is 5. The SMILES string of the molecule is C#CC(C)(C)NC(=C)c1cc(Cl)cnc1NC1CC(F)(P)C1. The zero-order valence-corrected chi connectivity index (χ0v) is 14.6. The largest absolute Gasteiger partial charge is 0.369 e. The van der Waals surface area contributed by atoms with Gasteiger partial charge in [-0.1, -0.05) is 33.3 Å². The zero-order valence-electron chi connectivity index (χ0n) is 12.7. The van der Waals surface area contributed by atoms with E-state index in [1.54, 1.807) is 12.3 Å². The number of hydrogen-bond donors (Lipinski definition) is 2. The standard InChI is InChI=1S/C16H20ClFN3P/c1-5-15(3,4)21-10(2)13-6-11(17)9-19-14(13)20-12-7-16(18,22)8-12/h1,6,9,12,21H,2,7-8,22H2,3-4H3,(H,19,20). The van der Waals surface area contributed by atoms with E-state index in [1.807, 2.05) is 13.8 Å². The van der Waals surface area contributed by atoms with Gasteiger partial charge in [0, 0.05) is 36.3 Å². The summed E-state index contributed by atoms with van der Waals surface area (Å²) in [6.07, 6.45) is 7.89. The van der Waals surface area contributed by atoms with Crippen molar-refractivity contribution in [3.63, 3.8) is 0 Å². The zero-order chi connectivity index (χ0) is 16.5. The summed E-state index contributed by atoms with van der Waals surface area (Å²) >= 11 is 6.03. The van der Waals surface area contributed by atoms with E-state index >= 15 is 0 Å². The molecule has 0 radical (unpaired) electrons. The van der Waals surface area contributed by atoms with E-state index in [0.29, 0.717) is 29.4 Å². The second-order valence-corrected chi connectivity index (χ2v) is 7.68. The average Bonchev–Trinajstić information content (AvgIpc) is 2.38. The molecule has 0 aromatic carbocycles. The maximum Gasteiger partial charge on any atom is 0.135 e. The molecule has 1 unspecified atom stereocenters. The number of nitrogens with zero attached hydrogens (tertiary/aromatic N) is 1. The predicted octanol–water partition coefficient (Wildman–Crippen LogP) is 3.82. The molecule has 2 rings (SSSR count). The normalized spacial score (nSPS) is 24.1. The van der Waals surface area contributed by atoms with Gasteiger partial charge < -0.3 is 10.6 Å². The van der Waals surface area contributed by atoms with Crippen molar-refractivity contribution in [1.29, 1.82) is 0 Å². The van der Waals surface area contributed by atoms with Crippen LogP contribution in [0.15, 0.2) is 18.8 Å². The third-order valence-corrected chi connectivity index (χ3v) is 4.19. The highest BCUT2D eigenvalue weighted by molar-refractivity contribution is 7.18. The van der Waals surface area contributed by atoms with Gasteiger partial charge in [-0.25, -0.2) is 9.37 Å². The number of aromatic nitrogens is 1. The van der Waals surface area contributed by atoms with Gasteiger partial charge in [0.2, 0.25) is 0 Å². The van der Waals surface area contributed by atoms with Crippen LogP contribution in [0.5, 0.6) is 0 Å². The van der Waals surface area contributed by atoms with Crippen LogP contribution in [0.25, 0.3) is 5.70 Å². The smallest absolute Gasteiger partial charge is 0.135 e. The number of pyridine rings is 1. The topological polar surface area (TPSA) is 37.0 Å². The molecule has 6 heteroatoms. The van der Waals surface area contributed by atoms with Crippen molar-refractivity contribution in [2.75, 3.05) is 5.32 Å². The van der Waals surface area contributed by atoms with Crippen LogP contribution in [0, 0.1) is 12.3 Å². The Morgan fingerprint density at radius 1 is 1.64 bits per heavy atom. The summed E-state index contributed by atoms with van der Waals surface area (Å²) in [6.45, 7) is 7.77. The van der Waals surface area contributed by atoms with Crippen LogP contribution >= 0.6 is 20.8 Å². The number of terminal acetylenes is 1. The number of hydrogen-bond acceptors (Lipinski definition) is 3. The fraction of sp³-hybridized carbons (Fsp3) is 0.438. The first-order valence-electron chi connectivity index (χ1n) is 6.97. The van der Waals surface area contributed by atoms with E-state index < -0.39 is 10.9 Å². The summed E-state index contributed by atoms with van der Waals surface area (Å²) in [6, 6.07) is 1.81. The van der Waals surface area contributed by atoms with E-state index in [9.17, 15) is 4.39 Å². The highest BCUT2D eigenvalue weighted by Gasteiger charge is 2.41. The molecule has 1 saturated carbocycles. The average molecular weight is 340 g/mol. The van der Waals surface area contributed by atoms with Gasteiger partial charge in [0.1, 0.15) is 11.2 Å². The van der Waals surface area contributed by atoms with Crippen molar-refractivity contribution in [3.8, 4) is 12.3 Å². The minimum atomic E-state index is -1.18.